The van der Waals surface area contributed by atoms with Gasteiger partial charge in [0, 0.05) is 17.5 Å². The first-order chi connectivity index (χ1) is 7.13. The Kier molecular flexibility index (Phi) is 4.78. The number of nitrogens with zero attached hydrogens (tertiary/aromatic N) is 1. The number of hydrogen-bond acceptors (Lipinski definition) is 3. The van der Waals surface area contributed by atoms with E-state index in [9.17, 15) is 4.79 Å². The van der Waals surface area contributed by atoms with Crippen molar-refractivity contribution in [1.29, 1.82) is 0 Å². The molecule has 3 nitrogen and oxygen atoms in total. The van der Waals surface area contributed by atoms with Crippen molar-refractivity contribution in [3.05, 3.63) is 22.4 Å². The molecule has 0 spiro atoms. The molecule has 0 saturated carbocycles. The molecule has 0 aliphatic heterocycles. The minimum absolute atomic E-state index is 0.118. The Balaban J connectivity index is 2.60. The topological polar surface area (TPSA) is 40.5 Å². The van der Waals surface area contributed by atoms with Crippen LogP contribution in [0.15, 0.2) is 17.5 Å². The Morgan fingerprint density at radius 3 is 2.87 bits per heavy atom. The second-order valence-corrected chi connectivity index (χ2v) is 4.67. The number of hydrogen-bond donors (Lipinski definition) is 1. The molecule has 1 aromatic heterocycles. The van der Waals surface area contributed by atoms with E-state index in [1.54, 1.807) is 11.3 Å². The van der Waals surface area contributed by atoms with Gasteiger partial charge in [0.25, 0.3) is 0 Å². The predicted octanol–water partition coefficient (Wildman–Crippen LogP) is 2.43. The maximum absolute atomic E-state index is 10.7. The van der Waals surface area contributed by atoms with Gasteiger partial charge in [-0.05, 0) is 24.8 Å². The molecule has 0 bridgehead atoms. The molecular formula is C11H17NO2S. The van der Waals surface area contributed by atoms with E-state index >= 15 is 0 Å². The highest BCUT2D eigenvalue weighted by Crippen LogP contribution is 2.14. The summed E-state index contributed by atoms with van der Waals surface area (Å²) in [5, 5.41) is 10.8. The van der Waals surface area contributed by atoms with Crippen molar-refractivity contribution in [3.8, 4) is 0 Å². The fourth-order valence-corrected chi connectivity index (χ4v) is 2.13. The lowest BCUT2D eigenvalue weighted by atomic mass is 10.2. The van der Waals surface area contributed by atoms with Gasteiger partial charge in [-0.2, -0.15) is 0 Å². The molecule has 0 aliphatic carbocycles. The SMILES string of the molecule is CCC(C)N(CC(=O)O)Cc1cccs1. The Bertz CT molecular complexity index is 298. The van der Waals surface area contributed by atoms with Crippen molar-refractivity contribution in [2.75, 3.05) is 6.54 Å². The Labute approximate surface area is 94.3 Å². The first-order valence-electron chi connectivity index (χ1n) is 5.11. The molecule has 84 valence electrons. The van der Waals surface area contributed by atoms with Crippen molar-refractivity contribution in [2.24, 2.45) is 0 Å². The van der Waals surface area contributed by atoms with E-state index in [0.717, 1.165) is 13.0 Å². The molecule has 0 fully saturated rings. The second-order valence-electron chi connectivity index (χ2n) is 3.64. The van der Waals surface area contributed by atoms with Gasteiger partial charge >= 0.3 is 5.97 Å². The molecule has 1 rings (SSSR count). The molecule has 1 atom stereocenters. The van der Waals surface area contributed by atoms with Gasteiger partial charge in [-0.15, -0.1) is 11.3 Å². The number of carboxylic acid groups (broad SMARTS) is 1. The number of rotatable bonds is 6. The molecule has 0 amide bonds. The second kappa shape index (κ2) is 5.88. The van der Waals surface area contributed by atoms with Crippen LogP contribution in [0.2, 0.25) is 0 Å². The predicted molar refractivity (Wildman–Crippen MR) is 62.1 cm³/mol. The van der Waals surface area contributed by atoms with E-state index in [0.29, 0.717) is 6.04 Å². The summed E-state index contributed by atoms with van der Waals surface area (Å²) in [5.74, 6) is -0.758. The van der Waals surface area contributed by atoms with E-state index in [1.165, 1.54) is 4.88 Å². The van der Waals surface area contributed by atoms with Crippen LogP contribution in [0.1, 0.15) is 25.1 Å². The zero-order valence-corrected chi connectivity index (χ0v) is 9.96. The third kappa shape index (κ3) is 4.01. The maximum atomic E-state index is 10.7. The molecule has 1 unspecified atom stereocenters. The van der Waals surface area contributed by atoms with Crippen LogP contribution >= 0.6 is 11.3 Å². The summed E-state index contributed by atoms with van der Waals surface area (Å²) in [6.45, 7) is 5.00. The van der Waals surface area contributed by atoms with Gasteiger partial charge in [0.15, 0.2) is 0 Å². The monoisotopic (exact) mass is 227 g/mol. The largest absolute Gasteiger partial charge is 0.480 e. The van der Waals surface area contributed by atoms with Gasteiger partial charge in [0.1, 0.15) is 0 Å². The zero-order chi connectivity index (χ0) is 11.3. The third-order valence-electron chi connectivity index (χ3n) is 2.49. The Hall–Kier alpha value is -0.870. The van der Waals surface area contributed by atoms with Crippen molar-refractivity contribution in [3.63, 3.8) is 0 Å². The van der Waals surface area contributed by atoms with Gasteiger partial charge in [0.05, 0.1) is 6.54 Å². The van der Waals surface area contributed by atoms with E-state index in [1.807, 2.05) is 22.4 Å². The summed E-state index contributed by atoms with van der Waals surface area (Å²) < 4.78 is 0. The van der Waals surface area contributed by atoms with E-state index in [2.05, 4.69) is 13.8 Å². The summed E-state index contributed by atoms with van der Waals surface area (Å²) in [6, 6.07) is 4.35. The lowest BCUT2D eigenvalue weighted by Gasteiger charge is -2.25. The molecule has 0 aliphatic rings. The Morgan fingerprint density at radius 1 is 1.67 bits per heavy atom. The maximum Gasteiger partial charge on any atom is 0.317 e. The molecule has 0 radical (unpaired) electrons. The zero-order valence-electron chi connectivity index (χ0n) is 9.14. The van der Waals surface area contributed by atoms with Crippen LogP contribution in [-0.4, -0.2) is 28.6 Å². The van der Waals surface area contributed by atoms with Crippen LogP contribution in [0.4, 0.5) is 0 Å². The number of carboxylic acids is 1. The van der Waals surface area contributed by atoms with E-state index in [4.69, 9.17) is 5.11 Å². The van der Waals surface area contributed by atoms with E-state index in [-0.39, 0.29) is 6.54 Å². The molecule has 0 aromatic carbocycles. The van der Waals surface area contributed by atoms with Gasteiger partial charge in [-0.1, -0.05) is 13.0 Å². The third-order valence-corrected chi connectivity index (χ3v) is 3.35. The fourth-order valence-electron chi connectivity index (χ4n) is 1.40. The number of carbonyl (C=O) groups is 1. The summed E-state index contributed by atoms with van der Waals surface area (Å²) in [5.41, 5.74) is 0. The highest BCUT2D eigenvalue weighted by Gasteiger charge is 2.15. The van der Waals surface area contributed by atoms with Crippen LogP contribution in [0.25, 0.3) is 0 Å². The van der Waals surface area contributed by atoms with Crippen LogP contribution in [0.3, 0.4) is 0 Å². The molecule has 1 N–H and O–H groups in total. The average Bonchev–Trinajstić information content (AvgIpc) is 2.67. The first kappa shape index (κ1) is 12.2. The fraction of sp³-hybridized carbons (Fsp3) is 0.545. The van der Waals surface area contributed by atoms with Crippen LogP contribution in [-0.2, 0) is 11.3 Å². The number of thiophene rings is 1. The van der Waals surface area contributed by atoms with E-state index < -0.39 is 5.97 Å². The van der Waals surface area contributed by atoms with Crippen molar-refractivity contribution in [2.45, 2.75) is 32.9 Å². The lowest BCUT2D eigenvalue weighted by Crippen LogP contribution is -2.36. The summed E-state index contributed by atoms with van der Waals surface area (Å²) in [7, 11) is 0. The standard InChI is InChI=1S/C11H17NO2S/c1-3-9(2)12(8-11(13)14)7-10-5-4-6-15-10/h4-6,9H,3,7-8H2,1-2H3,(H,13,14). The summed E-state index contributed by atoms with van der Waals surface area (Å²) in [6.07, 6.45) is 0.971. The lowest BCUT2D eigenvalue weighted by molar-refractivity contribution is -0.139. The van der Waals surface area contributed by atoms with Crippen LogP contribution in [0.5, 0.6) is 0 Å². The highest BCUT2D eigenvalue weighted by atomic mass is 32.1. The van der Waals surface area contributed by atoms with Gasteiger partial charge < -0.3 is 5.11 Å². The summed E-state index contributed by atoms with van der Waals surface area (Å²) in [4.78, 5) is 13.9. The smallest absolute Gasteiger partial charge is 0.317 e. The number of aliphatic carboxylic acids is 1. The Morgan fingerprint density at radius 2 is 2.40 bits per heavy atom. The molecule has 4 heteroatoms. The molecule has 1 aromatic rings. The van der Waals surface area contributed by atoms with Gasteiger partial charge in [-0.25, -0.2) is 0 Å². The quantitative estimate of drug-likeness (QED) is 0.811. The molecule has 15 heavy (non-hydrogen) atoms. The minimum atomic E-state index is -0.758. The van der Waals surface area contributed by atoms with Gasteiger partial charge in [0.2, 0.25) is 0 Å². The van der Waals surface area contributed by atoms with Crippen molar-refractivity contribution >= 4 is 17.3 Å². The summed E-state index contributed by atoms with van der Waals surface area (Å²) >= 11 is 1.67. The highest BCUT2D eigenvalue weighted by molar-refractivity contribution is 7.09. The average molecular weight is 227 g/mol. The van der Waals surface area contributed by atoms with Crippen molar-refractivity contribution in [1.82, 2.24) is 4.90 Å². The normalized spacial score (nSPS) is 13.0. The minimum Gasteiger partial charge on any atom is -0.480 e. The van der Waals surface area contributed by atoms with Crippen LogP contribution in [0, 0.1) is 0 Å². The molecule has 0 saturated heterocycles. The first-order valence-corrected chi connectivity index (χ1v) is 5.99. The van der Waals surface area contributed by atoms with Crippen LogP contribution < -0.4 is 0 Å². The molecule has 1 heterocycles. The van der Waals surface area contributed by atoms with Crippen molar-refractivity contribution < 1.29 is 9.90 Å². The molecular weight excluding hydrogens is 210 g/mol. The van der Waals surface area contributed by atoms with Gasteiger partial charge in [-0.3, -0.25) is 9.69 Å².